The number of amides is 2. The maximum absolute atomic E-state index is 12.5. The van der Waals surface area contributed by atoms with Crippen LogP contribution in [0.1, 0.15) is 65.1 Å². The van der Waals surface area contributed by atoms with Crippen molar-refractivity contribution in [3.05, 3.63) is 71.6 Å². The fourth-order valence-electron chi connectivity index (χ4n) is 3.99. The Hall–Kier alpha value is -3.81. The van der Waals surface area contributed by atoms with Gasteiger partial charge < -0.3 is 24.6 Å². The summed E-state index contributed by atoms with van der Waals surface area (Å²) in [5.41, 5.74) is 1.34. The Morgan fingerprint density at radius 1 is 1.00 bits per heavy atom. The first-order valence-corrected chi connectivity index (χ1v) is 11.6. The summed E-state index contributed by atoms with van der Waals surface area (Å²) < 4.78 is 16.2. The molecule has 1 aliphatic carbocycles. The van der Waals surface area contributed by atoms with Crippen LogP contribution >= 0.6 is 0 Å². The van der Waals surface area contributed by atoms with Crippen LogP contribution in [0.15, 0.2) is 59.1 Å². The largest absolute Gasteiger partial charge is 0.496 e. The second-order valence-electron chi connectivity index (χ2n) is 8.31. The molecule has 1 fully saturated rings. The highest BCUT2D eigenvalue weighted by Crippen LogP contribution is 2.22. The number of aromatic nitrogens is 1. The van der Waals surface area contributed by atoms with Crippen molar-refractivity contribution in [3.63, 3.8) is 0 Å². The minimum absolute atomic E-state index is 0.136. The molecule has 1 saturated carbocycles. The van der Waals surface area contributed by atoms with E-state index in [1.165, 1.54) is 20.0 Å². The molecule has 0 spiro atoms. The number of rotatable bonds is 8. The van der Waals surface area contributed by atoms with E-state index in [1.807, 2.05) is 6.07 Å². The van der Waals surface area contributed by atoms with Crippen molar-refractivity contribution in [1.82, 2.24) is 10.5 Å². The van der Waals surface area contributed by atoms with Crippen LogP contribution in [0.5, 0.6) is 11.5 Å². The summed E-state index contributed by atoms with van der Waals surface area (Å²) in [5, 5.41) is 9.78. The SMILES string of the molecule is COc1ccccc1C(=O)Nc1ccc(OCc2cc(C(=O)NC3CCCCCC3)no2)cc1. The molecule has 34 heavy (non-hydrogen) atoms. The number of nitrogens with one attached hydrogen (secondary N) is 2. The van der Waals surface area contributed by atoms with Gasteiger partial charge in [0.25, 0.3) is 11.8 Å². The van der Waals surface area contributed by atoms with E-state index in [2.05, 4.69) is 15.8 Å². The van der Waals surface area contributed by atoms with Crippen LogP contribution in [0.25, 0.3) is 0 Å². The van der Waals surface area contributed by atoms with E-state index in [1.54, 1.807) is 48.5 Å². The summed E-state index contributed by atoms with van der Waals surface area (Å²) in [6, 6.07) is 15.8. The Morgan fingerprint density at radius 2 is 1.74 bits per heavy atom. The van der Waals surface area contributed by atoms with Crippen molar-refractivity contribution in [2.75, 3.05) is 12.4 Å². The Kier molecular flexibility index (Phi) is 7.80. The molecule has 2 N–H and O–H groups in total. The van der Waals surface area contributed by atoms with Gasteiger partial charge >= 0.3 is 0 Å². The van der Waals surface area contributed by atoms with Gasteiger partial charge in [0.2, 0.25) is 0 Å². The van der Waals surface area contributed by atoms with E-state index < -0.39 is 0 Å². The number of ether oxygens (including phenoxy) is 2. The summed E-state index contributed by atoms with van der Waals surface area (Å²) in [6.07, 6.45) is 6.77. The third-order valence-corrected chi connectivity index (χ3v) is 5.83. The molecule has 2 amide bonds. The van der Waals surface area contributed by atoms with Crippen LogP contribution < -0.4 is 20.1 Å². The zero-order valence-electron chi connectivity index (χ0n) is 19.2. The lowest BCUT2D eigenvalue weighted by molar-refractivity contribution is 0.0923. The van der Waals surface area contributed by atoms with E-state index in [4.69, 9.17) is 14.0 Å². The number of nitrogens with zero attached hydrogens (tertiary/aromatic N) is 1. The Morgan fingerprint density at radius 3 is 2.47 bits per heavy atom. The molecule has 0 bridgehead atoms. The standard InChI is InChI=1S/C26H29N3O5/c1-32-24-11-7-6-10-22(24)25(30)27-19-12-14-20(15-13-19)33-17-21-16-23(29-34-21)26(31)28-18-8-4-2-3-5-9-18/h6-7,10-16,18H,2-5,8-9,17H2,1H3,(H,27,30)(H,28,31). The van der Waals surface area contributed by atoms with Gasteiger partial charge in [0, 0.05) is 17.8 Å². The molecule has 8 heteroatoms. The minimum Gasteiger partial charge on any atom is -0.496 e. The topological polar surface area (TPSA) is 103 Å². The van der Waals surface area contributed by atoms with E-state index in [0.29, 0.717) is 28.5 Å². The first kappa shape index (κ1) is 23.4. The minimum atomic E-state index is -0.262. The van der Waals surface area contributed by atoms with Crippen molar-refractivity contribution in [2.45, 2.75) is 51.2 Å². The molecule has 0 unspecified atom stereocenters. The molecule has 8 nitrogen and oxygen atoms in total. The molecule has 0 saturated heterocycles. The average Bonchev–Trinajstić information content (AvgIpc) is 3.20. The maximum atomic E-state index is 12.5. The first-order chi connectivity index (χ1) is 16.6. The number of anilines is 1. The Labute approximate surface area is 198 Å². The quantitative estimate of drug-likeness (QED) is 0.458. The van der Waals surface area contributed by atoms with E-state index in [9.17, 15) is 9.59 Å². The number of hydrogen-bond donors (Lipinski definition) is 2. The highest BCUT2D eigenvalue weighted by atomic mass is 16.5. The van der Waals surface area contributed by atoms with Gasteiger partial charge in [0.15, 0.2) is 11.5 Å². The van der Waals surface area contributed by atoms with Crippen LogP contribution in [-0.4, -0.2) is 30.1 Å². The van der Waals surface area contributed by atoms with Gasteiger partial charge in [0.1, 0.15) is 18.1 Å². The van der Waals surface area contributed by atoms with Crippen molar-refractivity contribution in [1.29, 1.82) is 0 Å². The van der Waals surface area contributed by atoms with Crippen molar-refractivity contribution in [3.8, 4) is 11.5 Å². The number of para-hydroxylation sites is 1. The smallest absolute Gasteiger partial charge is 0.273 e. The van der Waals surface area contributed by atoms with Gasteiger partial charge in [-0.1, -0.05) is 43.0 Å². The van der Waals surface area contributed by atoms with E-state index in [0.717, 1.165) is 25.7 Å². The predicted molar refractivity (Wildman–Crippen MR) is 127 cm³/mol. The van der Waals surface area contributed by atoms with E-state index in [-0.39, 0.29) is 30.2 Å². The molecule has 0 aliphatic heterocycles. The Bertz CT molecular complexity index is 1100. The van der Waals surface area contributed by atoms with Gasteiger partial charge in [-0.3, -0.25) is 9.59 Å². The number of carbonyl (C=O) groups is 2. The molecule has 0 atom stereocenters. The van der Waals surface area contributed by atoms with Crippen molar-refractivity contribution >= 4 is 17.5 Å². The monoisotopic (exact) mass is 463 g/mol. The second kappa shape index (κ2) is 11.4. The predicted octanol–water partition coefficient (Wildman–Crippen LogP) is 4.97. The van der Waals surface area contributed by atoms with E-state index >= 15 is 0 Å². The molecule has 4 rings (SSSR count). The highest BCUT2D eigenvalue weighted by Gasteiger charge is 2.19. The second-order valence-corrected chi connectivity index (χ2v) is 8.31. The number of methoxy groups -OCH3 is 1. The van der Waals surface area contributed by atoms with Crippen molar-refractivity contribution in [2.24, 2.45) is 0 Å². The third-order valence-electron chi connectivity index (χ3n) is 5.83. The molecular formula is C26H29N3O5. The molecule has 0 radical (unpaired) electrons. The lowest BCUT2D eigenvalue weighted by Crippen LogP contribution is -2.34. The summed E-state index contributed by atoms with van der Waals surface area (Å²) in [4.78, 5) is 25.0. The first-order valence-electron chi connectivity index (χ1n) is 11.6. The van der Waals surface area contributed by atoms with Gasteiger partial charge in [-0.2, -0.15) is 0 Å². The van der Waals surface area contributed by atoms with Gasteiger partial charge in [-0.05, 0) is 49.2 Å². The third kappa shape index (κ3) is 6.15. The summed E-state index contributed by atoms with van der Waals surface area (Å²) in [7, 11) is 1.53. The zero-order valence-corrected chi connectivity index (χ0v) is 19.2. The molecule has 178 valence electrons. The molecule has 2 aromatic carbocycles. The van der Waals surface area contributed by atoms with Gasteiger partial charge in [0.05, 0.1) is 12.7 Å². The molecule has 1 heterocycles. The Balaban J connectivity index is 1.28. The van der Waals surface area contributed by atoms with Crippen LogP contribution in [0.4, 0.5) is 5.69 Å². The highest BCUT2D eigenvalue weighted by molar-refractivity contribution is 6.06. The van der Waals surface area contributed by atoms with Crippen LogP contribution in [0.2, 0.25) is 0 Å². The summed E-state index contributed by atoms with van der Waals surface area (Å²) in [5.74, 6) is 1.09. The fraction of sp³-hybridized carbons (Fsp3) is 0.346. The lowest BCUT2D eigenvalue weighted by atomic mass is 10.1. The van der Waals surface area contributed by atoms with Crippen LogP contribution in [0, 0.1) is 0 Å². The average molecular weight is 464 g/mol. The van der Waals surface area contributed by atoms with Crippen LogP contribution in [0.3, 0.4) is 0 Å². The van der Waals surface area contributed by atoms with Gasteiger partial charge in [-0.15, -0.1) is 0 Å². The lowest BCUT2D eigenvalue weighted by Gasteiger charge is -2.14. The normalized spacial score (nSPS) is 14.1. The number of benzene rings is 2. The fourth-order valence-corrected chi connectivity index (χ4v) is 3.99. The molecule has 3 aromatic rings. The molecule has 1 aliphatic rings. The number of carbonyl (C=O) groups excluding carboxylic acids is 2. The number of hydrogen-bond acceptors (Lipinski definition) is 6. The van der Waals surface area contributed by atoms with Crippen LogP contribution in [-0.2, 0) is 6.61 Å². The van der Waals surface area contributed by atoms with Gasteiger partial charge in [-0.25, -0.2) is 0 Å². The summed E-state index contributed by atoms with van der Waals surface area (Å²) >= 11 is 0. The molecular weight excluding hydrogens is 434 g/mol. The molecule has 1 aromatic heterocycles. The van der Waals surface area contributed by atoms with Crippen molar-refractivity contribution < 1.29 is 23.6 Å². The maximum Gasteiger partial charge on any atom is 0.273 e. The summed E-state index contributed by atoms with van der Waals surface area (Å²) in [6.45, 7) is 0.136. The zero-order chi connectivity index (χ0) is 23.8.